The van der Waals surface area contributed by atoms with E-state index < -0.39 is 6.10 Å². The van der Waals surface area contributed by atoms with Gasteiger partial charge in [-0.1, -0.05) is 290 Å². The van der Waals surface area contributed by atoms with Crippen LogP contribution in [-0.2, 0) is 28.6 Å². The van der Waals surface area contributed by atoms with Crippen molar-refractivity contribution >= 4 is 17.9 Å². The van der Waals surface area contributed by atoms with E-state index in [9.17, 15) is 14.4 Å². The van der Waals surface area contributed by atoms with E-state index in [-0.39, 0.29) is 31.1 Å². The number of unbranched alkanes of at least 4 members (excludes halogenated alkanes) is 30. The lowest BCUT2D eigenvalue weighted by Crippen LogP contribution is -2.30. The van der Waals surface area contributed by atoms with Crippen LogP contribution in [0.15, 0.2) is 122 Å². The van der Waals surface area contributed by atoms with Crippen LogP contribution in [-0.4, -0.2) is 37.2 Å². The molecule has 0 aliphatic rings. The smallest absolute Gasteiger partial charge is 0.306 e. The summed E-state index contributed by atoms with van der Waals surface area (Å²) in [6.07, 6.45) is 94.9. The van der Waals surface area contributed by atoms with E-state index in [4.69, 9.17) is 14.2 Å². The zero-order valence-electron chi connectivity index (χ0n) is 53.0. The summed E-state index contributed by atoms with van der Waals surface area (Å²) in [7, 11) is 0. The summed E-state index contributed by atoms with van der Waals surface area (Å²) in [5, 5.41) is 0. The van der Waals surface area contributed by atoms with Crippen molar-refractivity contribution in [2.45, 2.75) is 322 Å². The zero-order chi connectivity index (χ0) is 58.5. The van der Waals surface area contributed by atoms with E-state index in [0.717, 1.165) is 128 Å². The second-order valence-electron chi connectivity index (χ2n) is 22.3. The van der Waals surface area contributed by atoms with Crippen LogP contribution in [0, 0.1) is 0 Å². The molecule has 0 saturated heterocycles. The van der Waals surface area contributed by atoms with Gasteiger partial charge in [0.05, 0.1) is 0 Å². The monoisotopic (exact) mass is 1120 g/mol. The summed E-state index contributed by atoms with van der Waals surface area (Å²) >= 11 is 0. The van der Waals surface area contributed by atoms with Crippen LogP contribution in [0.2, 0.25) is 0 Å². The Kier molecular flexibility index (Phi) is 64.8. The standard InChI is InChI=1S/C75H126O6/c1-4-7-10-13-16-19-22-25-28-30-32-34-35-36-37-38-39-41-42-44-47-50-53-56-59-62-65-68-74(77)80-71-72(70-79-73(76)67-64-61-58-55-52-49-46-27-24-21-18-15-12-9-6-3)81-75(78)69-66-63-60-57-54-51-48-45-43-40-33-31-29-26-23-20-17-14-11-8-5-2/h7-8,10-11,16-17,19-20,25-29,32-34,36-37,40,46,72H,4-6,9,12-15,18,21-24,30-31,35,38-39,41-45,47-71H2,1-3H3/b10-7-,11-8-,19-16-,20-17-,28-25-,29-26-,34-32-,37-36-,40-33-,46-27-. The van der Waals surface area contributed by atoms with Crippen LogP contribution in [0.25, 0.3) is 0 Å². The molecule has 0 aromatic carbocycles. The minimum Gasteiger partial charge on any atom is -0.462 e. The Balaban J connectivity index is 4.36. The molecule has 0 amide bonds. The number of carbonyl (C=O) groups is 3. The number of esters is 3. The quantitative estimate of drug-likeness (QED) is 0.0261. The first-order valence-corrected chi connectivity index (χ1v) is 34.0. The minimum atomic E-state index is -0.792. The molecular weight excluding hydrogens is 997 g/mol. The van der Waals surface area contributed by atoms with Crippen LogP contribution >= 0.6 is 0 Å². The average Bonchev–Trinajstić information content (AvgIpc) is 3.47. The van der Waals surface area contributed by atoms with Crippen molar-refractivity contribution < 1.29 is 28.6 Å². The maximum atomic E-state index is 12.9. The fraction of sp³-hybridized carbons (Fsp3) is 0.693. The van der Waals surface area contributed by atoms with Crippen molar-refractivity contribution in [3.8, 4) is 0 Å². The van der Waals surface area contributed by atoms with Gasteiger partial charge in [-0.2, -0.15) is 0 Å². The molecule has 81 heavy (non-hydrogen) atoms. The molecule has 0 aromatic rings. The molecule has 0 aliphatic heterocycles. The van der Waals surface area contributed by atoms with Gasteiger partial charge in [0.2, 0.25) is 0 Å². The Morgan fingerprint density at radius 3 is 0.765 bits per heavy atom. The molecule has 0 radical (unpaired) electrons. The number of carbonyl (C=O) groups excluding carboxylic acids is 3. The lowest BCUT2D eigenvalue weighted by molar-refractivity contribution is -0.167. The number of rotatable bonds is 61. The number of ether oxygens (including phenoxy) is 3. The molecule has 1 atom stereocenters. The second kappa shape index (κ2) is 68.3. The van der Waals surface area contributed by atoms with Gasteiger partial charge in [0.1, 0.15) is 13.2 Å². The predicted molar refractivity (Wildman–Crippen MR) is 353 cm³/mol. The lowest BCUT2D eigenvalue weighted by Gasteiger charge is -2.18. The van der Waals surface area contributed by atoms with Gasteiger partial charge in [-0.3, -0.25) is 14.4 Å². The topological polar surface area (TPSA) is 78.9 Å². The third-order valence-electron chi connectivity index (χ3n) is 14.4. The van der Waals surface area contributed by atoms with Gasteiger partial charge in [-0.15, -0.1) is 0 Å². The first-order valence-electron chi connectivity index (χ1n) is 34.0. The molecule has 0 N–H and O–H groups in total. The maximum Gasteiger partial charge on any atom is 0.306 e. The summed E-state index contributed by atoms with van der Waals surface area (Å²) < 4.78 is 17.0. The molecule has 0 saturated carbocycles. The maximum absolute atomic E-state index is 12.9. The van der Waals surface area contributed by atoms with Crippen LogP contribution in [0.5, 0.6) is 0 Å². The van der Waals surface area contributed by atoms with E-state index in [2.05, 4.69) is 142 Å². The van der Waals surface area contributed by atoms with Gasteiger partial charge >= 0.3 is 17.9 Å². The third-order valence-corrected chi connectivity index (χ3v) is 14.4. The molecular formula is C75H126O6. The molecule has 0 rings (SSSR count). The molecule has 0 bridgehead atoms. The second-order valence-corrected chi connectivity index (χ2v) is 22.3. The predicted octanol–water partition coefficient (Wildman–Crippen LogP) is 23.6. The van der Waals surface area contributed by atoms with E-state index in [1.807, 2.05) is 0 Å². The Hall–Kier alpha value is -4.19. The van der Waals surface area contributed by atoms with Gasteiger partial charge in [-0.25, -0.2) is 0 Å². The van der Waals surface area contributed by atoms with Crippen LogP contribution in [0.4, 0.5) is 0 Å². The Bertz CT molecular complexity index is 1670. The fourth-order valence-electron chi connectivity index (χ4n) is 9.40. The van der Waals surface area contributed by atoms with E-state index in [1.165, 1.54) is 148 Å². The molecule has 6 nitrogen and oxygen atoms in total. The van der Waals surface area contributed by atoms with Crippen molar-refractivity contribution in [3.05, 3.63) is 122 Å². The SMILES string of the molecule is CC/C=C\C/C=C\C/C=C\C/C=C\C/C=C\CCCCCCCCCCCCCC(=O)OCC(COC(=O)CCCCCCC/C=C\CCCCCCCC)OC(=O)CCCCCCCCCC/C=C\C/C=C\C/C=C\C/C=C\CC. The molecule has 462 valence electrons. The van der Waals surface area contributed by atoms with Crippen molar-refractivity contribution in [3.63, 3.8) is 0 Å². The lowest BCUT2D eigenvalue weighted by atomic mass is 10.0. The van der Waals surface area contributed by atoms with E-state index in [1.54, 1.807) is 0 Å². The first kappa shape index (κ1) is 76.8. The van der Waals surface area contributed by atoms with Gasteiger partial charge in [0.25, 0.3) is 0 Å². The first-order chi connectivity index (χ1) is 40.0. The molecule has 6 heteroatoms. The third kappa shape index (κ3) is 66.5. The number of allylic oxidation sites excluding steroid dienone is 20. The normalized spacial score (nSPS) is 12.9. The van der Waals surface area contributed by atoms with Gasteiger partial charge < -0.3 is 14.2 Å². The molecule has 0 spiro atoms. The zero-order valence-corrected chi connectivity index (χ0v) is 53.0. The minimum absolute atomic E-state index is 0.0864. The molecule has 0 aromatic heterocycles. The Morgan fingerprint density at radius 1 is 0.259 bits per heavy atom. The summed E-state index contributed by atoms with van der Waals surface area (Å²) in [5.74, 6) is -0.896. The highest BCUT2D eigenvalue weighted by atomic mass is 16.6. The molecule has 0 fully saturated rings. The van der Waals surface area contributed by atoms with Crippen LogP contribution in [0.1, 0.15) is 316 Å². The summed E-state index contributed by atoms with van der Waals surface area (Å²) in [6.45, 7) is 6.42. The van der Waals surface area contributed by atoms with Gasteiger partial charge in [-0.05, 0) is 128 Å². The highest BCUT2D eigenvalue weighted by molar-refractivity contribution is 5.71. The van der Waals surface area contributed by atoms with Gasteiger partial charge in [0.15, 0.2) is 6.10 Å². The van der Waals surface area contributed by atoms with Crippen molar-refractivity contribution in [2.75, 3.05) is 13.2 Å². The Morgan fingerprint density at radius 2 is 0.481 bits per heavy atom. The molecule has 1 unspecified atom stereocenters. The number of hydrogen-bond donors (Lipinski definition) is 0. The Labute approximate surface area is 501 Å². The van der Waals surface area contributed by atoms with Crippen molar-refractivity contribution in [1.29, 1.82) is 0 Å². The van der Waals surface area contributed by atoms with E-state index >= 15 is 0 Å². The largest absolute Gasteiger partial charge is 0.462 e. The molecule has 0 heterocycles. The van der Waals surface area contributed by atoms with Crippen molar-refractivity contribution in [1.82, 2.24) is 0 Å². The van der Waals surface area contributed by atoms with Crippen molar-refractivity contribution in [2.24, 2.45) is 0 Å². The van der Waals surface area contributed by atoms with Gasteiger partial charge in [0, 0.05) is 19.3 Å². The highest BCUT2D eigenvalue weighted by Crippen LogP contribution is 2.16. The van der Waals surface area contributed by atoms with Crippen LogP contribution < -0.4 is 0 Å². The highest BCUT2D eigenvalue weighted by Gasteiger charge is 2.19. The molecule has 0 aliphatic carbocycles. The van der Waals surface area contributed by atoms with E-state index in [0.29, 0.717) is 19.3 Å². The summed E-state index contributed by atoms with van der Waals surface area (Å²) in [6, 6.07) is 0. The number of hydrogen-bond acceptors (Lipinski definition) is 6. The summed E-state index contributed by atoms with van der Waals surface area (Å²) in [4.78, 5) is 38.4. The van der Waals surface area contributed by atoms with Crippen LogP contribution in [0.3, 0.4) is 0 Å². The summed E-state index contributed by atoms with van der Waals surface area (Å²) in [5.41, 5.74) is 0. The average molecular weight is 1120 g/mol. The fourth-order valence-corrected chi connectivity index (χ4v) is 9.40.